The molecule has 2 rings (SSSR count). The molecule has 0 aliphatic heterocycles. The lowest BCUT2D eigenvalue weighted by molar-refractivity contribution is -0.885. The SMILES string of the molecule is CCOc1ccccc1NC(=O)C[NH+](C)Cc1ccc(C)cc1. The number of nitrogens with one attached hydrogen (secondary N) is 2. The highest BCUT2D eigenvalue weighted by molar-refractivity contribution is 5.92. The van der Waals surface area contributed by atoms with Crippen LogP contribution in [0.2, 0.25) is 0 Å². The molecule has 0 radical (unpaired) electrons. The number of likely N-dealkylation sites (N-methyl/N-ethyl adjacent to an activating group) is 1. The molecule has 0 aliphatic rings. The van der Waals surface area contributed by atoms with Gasteiger partial charge in [-0.2, -0.15) is 0 Å². The molecule has 0 aromatic heterocycles. The third-order valence-electron chi connectivity index (χ3n) is 3.55. The van der Waals surface area contributed by atoms with E-state index in [2.05, 4.69) is 36.5 Å². The van der Waals surface area contributed by atoms with Crippen molar-refractivity contribution in [2.75, 3.05) is 25.5 Å². The zero-order valence-corrected chi connectivity index (χ0v) is 14.1. The Labute approximate surface area is 138 Å². The van der Waals surface area contributed by atoms with Gasteiger partial charge < -0.3 is 15.0 Å². The van der Waals surface area contributed by atoms with E-state index in [-0.39, 0.29) is 5.91 Å². The maximum Gasteiger partial charge on any atom is 0.279 e. The van der Waals surface area contributed by atoms with Crippen molar-refractivity contribution in [3.63, 3.8) is 0 Å². The summed E-state index contributed by atoms with van der Waals surface area (Å²) >= 11 is 0. The minimum Gasteiger partial charge on any atom is -0.492 e. The highest BCUT2D eigenvalue weighted by Gasteiger charge is 2.12. The number of carbonyl (C=O) groups is 1. The summed E-state index contributed by atoms with van der Waals surface area (Å²) in [6, 6.07) is 15.9. The normalized spacial score (nSPS) is 11.8. The van der Waals surface area contributed by atoms with Crippen molar-refractivity contribution in [2.45, 2.75) is 20.4 Å². The fraction of sp³-hybridized carbons (Fsp3) is 0.316. The van der Waals surface area contributed by atoms with Gasteiger partial charge in [0.2, 0.25) is 0 Å². The van der Waals surface area contributed by atoms with E-state index in [0.29, 0.717) is 18.9 Å². The van der Waals surface area contributed by atoms with Gasteiger partial charge in [0.1, 0.15) is 12.3 Å². The van der Waals surface area contributed by atoms with Gasteiger partial charge in [-0.25, -0.2) is 0 Å². The van der Waals surface area contributed by atoms with Gasteiger partial charge in [-0.3, -0.25) is 4.79 Å². The number of aryl methyl sites for hydroxylation is 1. The number of ether oxygens (including phenoxy) is 1. The molecule has 0 bridgehead atoms. The van der Waals surface area contributed by atoms with E-state index in [4.69, 9.17) is 4.74 Å². The number of quaternary nitrogens is 1. The van der Waals surface area contributed by atoms with Crippen molar-refractivity contribution < 1.29 is 14.4 Å². The molecule has 4 heteroatoms. The van der Waals surface area contributed by atoms with Crippen molar-refractivity contribution in [3.05, 3.63) is 59.7 Å². The second kappa shape index (κ2) is 8.34. The van der Waals surface area contributed by atoms with Gasteiger partial charge in [0, 0.05) is 5.56 Å². The largest absolute Gasteiger partial charge is 0.492 e. The molecule has 2 aromatic rings. The number of para-hydroxylation sites is 2. The van der Waals surface area contributed by atoms with Crippen LogP contribution in [0.25, 0.3) is 0 Å². The molecule has 0 saturated carbocycles. The number of hydrogen-bond donors (Lipinski definition) is 2. The molecule has 2 N–H and O–H groups in total. The van der Waals surface area contributed by atoms with Gasteiger partial charge in [-0.1, -0.05) is 42.0 Å². The first kappa shape index (κ1) is 17.0. The van der Waals surface area contributed by atoms with Crippen LogP contribution < -0.4 is 15.0 Å². The van der Waals surface area contributed by atoms with Crippen LogP contribution in [0.1, 0.15) is 18.1 Å². The monoisotopic (exact) mass is 313 g/mol. The Balaban J connectivity index is 1.90. The van der Waals surface area contributed by atoms with Crippen LogP contribution in [0.15, 0.2) is 48.5 Å². The quantitative estimate of drug-likeness (QED) is 0.821. The van der Waals surface area contributed by atoms with Gasteiger partial charge in [0.05, 0.1) is 19.3 Å². The molecular formula is C19H25N2O2+. The van der Waals surface area contributed by atoms with Crippen LogP contribution in [-0.2, 0) is 11.3 Å². The first-order valence-corrected chi connectivity index (χ1v) is 7.97. The summed E-state index contributed by atoms with van der Waals surface area (Å²) in [6.07, 6.45) is 0. The molecule has 1 unspecified atom stereocenters. The van der Waals surface area contributed by atoms with E-state index in [1.165, 1.54) is 11.1 Å². The highest BCUT2D eigenvalue weighted by atomic mass is 16.5. The van der Waals surface area contributed by atoms with Gasteiger partial charge in [-0.05, 0) is 26.0 Å². The van der Waals surface area contributed by atoms with E-state index in [1.54, 1.807) is 0 Å². The zero-order chi connectivity index (χ0) is 16.7. The van der Waals surface area contributed by atoms with Crippen LogP contribution >= 0.6 is 0 Å². The Hall–Kier alpha value is -2.33. The number of rotatable bonds is 7. The summed E-state index contributed by atoms with van der Waals surface area (Å²) in [4.78, 5) is 13.4. The predicted octanol–water partition coefficient (Wildman–Crippen LogP) is 2.05. The fourth-order valence-corrected chi connectivity index (χ4v) is 2.44. The summed E-state index contributed by atoms with van der Waals surface area (Å²) in [7, 11) is 2.02. The van der Waals surface area contributed by atoms with Gasteiger partial charge in [0.15, 0.2) is 6.54 Å². The third kappa shape index (κ3) is 5.42. The van der Waals surface area contributed by atoms with Crippen molar-refractivity contribution >= 4 is 11.6 Å². The third-order valence-corrected chi connectivity index (χ3v) is 3.55. The second-order valence-corrected chi connectivity index (χ2v) is 5.77. The van der Waals surface area contributed by atoms with E-state index in [0.717, 1.165) is 17.1 Å². The molecule has 2 aromatic carbocycles. The summed E-state index contributed by atoms with van der Waals surface area (Å²) in [5.41, 5.74) is 3.20. The predicted molar refractivity (Wildman–Crippen MR) is 92.9 cm³/mol. The van der Waals surface area contributed by atoms with E-state index < -0.39 is 0 Å². The van der Waals surface area contributed by atoms with Crippen LogP contribution in [0, 0.1) is 6.92 Å². The average molecular weight is 313 g/mol. The Bertz CT molecular complexity index is 638. The second-order valence-electron chi connectivity index (χ2n) is 5.77. The maximum atomic E-state index is 12.2. The van der Waals surface area contributed by atoms with Crippen LogP contribution in [0.3, 0.4) is 0 Å². The molecule has 23 heavy (non-hydrogen) atoms. The van der Waals surface area contributed by atoms with E-state index in [9.17, 15) is 4.79 Å². The van der Waals surface area contributed by atoms with Crippen LogP contribution in [-0.4, -0.2) is 26.1 Å². The lowest BCUT2D eigenvalue weighted by Gasteiger charge is -2.15. The standard InChI is InChI=1S/C19H24N2O2/c1-4-23-18-8-6-5-7-17(18)20-19(22)14-21(3)13-16-11-9-15(2)10-12-16/h5-12H,4,13-14H2,1-3H3,(H,20,22)/p+1. The van der Waals surface area contributed by atoms with E-state index >= 15 is 0 Å². The Morgan fingerprint density at radius 3 is 2.52 bits per heavy atom. The number of amides is 1. The summed E-state index contributed by atoms with van der Waals surface area (Å²) in [5, 5.41) is 2.94. The first-order chi connectivity index (χ1) is 11.1. The molecule has 0 aliphatic carbocycles. The number of carbonyl (C=O) groups excluding carboxylic acids is 1. The molecule has 0 spiro atoms. The lowest BCUT2D eigenvalue weighted by Crippen LogP contribution is -3.08. The highest BCUT2D eigenvalue weighted by Crippen LogP contribution is 2.23. The summed E-state index contributed by atoms with van der Waals surface area (Å²) in [6.45, 7) is 5.81. The fourth-order valence-electron chi connectivity index (χ4n) is 2.44. The van der Waals surface area contributed by atoms with Gasteiger partial charge in [0.25, 0.3) is 5.91 Å². The molecule has 0 fully saturated rings. The number of hydrogen-bond acceptors (Lipinski definition) is 2. The first-order valence-electron chi connectivity index (χ1n) is 7.97. The topological polar surface area (TPSA) is 42.8 Å². The van der Waals surface area contributed by atoms with Gasteiger partial charge in [-0.15, -0.1) is 0 Å². The van der Waals surface area contributed by atoms with Crippen molar-refractivity contribution in [1.82, 2.24) is 0 Å². The lowest BCUT2D eigenvalue weighted by atomic mass is 10.1. The summed E-state index contributed by atoms with van der Waals surface area (Å²) in [5.74, 6) is 0.696. The molecular weight excluding hydrogens is 288 g/mol. The van der Waals surface area contributed by atoms with E-state index in [1.807, 2.05) is 38.2 Å². The molecule has 122 valence electrons. The van der Waals surface area contributed by atoms with Gasteiger partial charge >= 0.3 is 0 Å². The molecule has 1 amide bonds. The maximum absolute atomic E-state index is 12.2. The Kier molecular flexibility index (Phi) is 6.18. The molecule has 0 heterocycles. The molecule has 0 saturated heterocycles. The van der Waals surface area contributed by atoms with Crippen molar-refractivity contribution in [1.29, 1.82) is 0 Å². The number of benzene rings is 2. The zero-order valence-electron chi connectivity index (χ0n) is 14.1. The molecule has 1 atom stereocenters. The van der Waals surface area contributed by atoms with Crippen molar-refractivity contribution in [2.24, 2.45) is 0 Å². The van der Waals surface area contributed by atoms with Crippen molar-refractivity contribution in [3.8, 4) is 5.75 Å². The van der Waals surface area contributed by atoms with Crippen LogP contribution in [0.4, 0.5) is 5.69 Å². The Morgan fingerprint density at radius 1 is 1.13 bits per heavy atom. The minimum atomic E-state index is -0.0123. The number of anilines is 1. The Morgan fingerprint density at radius 2 is 1.83 bits per heavy atom. The minimum absolute atomic E-state index is 0.0123. The average Bonchev–Trinajstić information content (AvgIpc) is 2.51. The molecule has 4 nitrogen and oxygen atoms in total. The van der Waals surface area contributed by atoms with Crippen LogP contribution in [0.5, 0.6) is 5.75 Å². The smallest absolute Gasteiger partial charge is 0.279 e. The summed E-state index contributed by atoms with van der Waals surface area (Å²) < 4.78 is 5.53.